The van der Waals surface area contributed by atoms with Gasteiger partial charge in [0.1, 0.15) is 12.4 Å². The first-order valence-electron chi connectivity index (χ1n) is 10.8. The van der Waals surface area contributed by atoms with Crippen LogP contribution < -0.4 is 10.6 Å². The van der Waals surface area contributed by atoms with Crippen LogP contribution in [0.2, 0.25) is 0 Å². The van der Waals surface area contributed by atoms with Crippen LogP contribution >= 0.6 is 24.0 Å². The largest absolute Gasteiger partial charge is 0.377 e. The lowest BCUT2D eigenvalue weighted by Crippen LogP contribution is -2.48. The van der Waals surface area contributed by atoms with Crippen molar-refractivity contribution in [2.45, 2.75) is 71.7 Å². The smallest absolute Gasteiger partial charge is 0.191 e. The molecule has 2 aliphatic heterocycles. The van der Waals surface area contributed by atoms with Gasteiger partial charge in [-0.05, 0) is 52.1 Å². The summed E-state index contributed by atoms with van der Waals surface area (Å²) in [6, 6.07) is 0.793. The van der Waals surface area contributed by atoms with E-state index in [0.29, 0.717) is 18.7 Å². The Morgan fingerprint density at radius 1 is 1.31 bits per heavy atom. The molecule has 0 saturated carbocycles. The lowest BCUT2D eigenvalue weighted by Gasteiger charge is -2.34. The number of nitrogens with one attached hydrogen (secondary N) is 2. The molecule has 3 rings (SSSR count). The summed E-state index contributed by atoms with van der Waals surface area (Å²) in [5, 5.41) is 11.6. The molecule has 8 nitrogen and oxygen atoms in total. The first-order chi connectivity index (χ1) is 13.6. The minimum atomic E-state index is 0. The summed E-state index contributed by atoms with van der Waals surface area (Å²) in [7, 11) is 1.68. The van der Waals surface area contributed by atoms with E-state index in [1.54, 1.807) is 7.11 Å². The Kier molecular flexibility index (Phi) is 10.1. The van der Waals surface area contributed by atoms with Crippen molar-refractivity contribution in [3.05, 3.63) is 11.6 Å². The number of halogens is 1. The Morgan fingerprint density at radius 3 is 2.76 bits per heavy atom. The van der Waals surface area contributed by atoms with E-state index in [4.69, 9.17) is 9.73 Å². The van der Waals surface area contributed by atoms with Crippen LogP contribution in [-0.4, -0.2) is 71.0 Å². The second-order valence-electron chi connectivity index (χ2n) is 8.23. The lowest BCUT2D eigenvalue weighted by molar-refractivity contribution is 0.150. The number of aliphatic imine (C=N–C) groups is 1. The molecule has 0 spiro atoms. The number of methoxy groups -OCH3 is 1. The summed E-state index contributed by atoms with van der Waals surface area (Å²) in [6.07, 6.45) is 4.57. The number of likely N-dealkylation sites (tertiary alicyclic amines) is 1. The van der Waals surface area contributed by atoms with E-state index in [9.17, 15) is 0 Å². The van der Waals surface area contributed by atoms with Crippen LogP contribution in [0.5, 0.6) is 0 Å². The van der Waals surface area contributed by atoms with Crippen molar-refractivity contribution in [1.29, 1.82) is 0 Å². The number of hydrogen-bond acceptors (Lipinski definition) is 5. The molecule has 0 aromatic carbocycles. The molecule has 166 valence electrons. The van der Waals surface area contributed by atoms with Crippen molar-refractivity contribution in [2.75, 3.05) is 33.3 Å². The van der Waals surface area contributed by atoms with Crippen LogP contribution in [0.15, 0.2) is 4.99 Å². The van der Waals surface area contributed by atoms with Gasteiger partial charge in [-0.3, -0.25) is 9.89 Å². The van der Waals surface area contributed by atoms with Gasteiger partial charge < -0.3 is 15.4 Å². The summed E-state index contributed by atoms with van der Waals surface area (Å²) in [5.41, 5.74) is 0. The second kappa shape index (κ2) is 12.0. The topological polar surface area (TPSA) is 79.6 Å². The van der Waals surface area contributed by atoms with Crippen molar-refractivity contribution in [3.63, 3.8) is 0 Å². The molecule has 3 heterocycles. The lowest BCUT2D eigenvalue weighted by atomic mass is 9.98. The highest BCUT2D eigenvalue weighted by molar-refractivity contribution is 14.0. The Bertz CT molecular complexity index is 643. The fourth-order valence-electron chi connectivity index (χ4n) is 3.99. The molecule has 2 aliphatic rings. The predicted molar refractivity (Wildman–Crippen MR) is 127 cm³/mol. The third-order valence-corrected chi connectivity index (χ3v) is 5.82. The van der Waals surface area contributed by atoms with Gasteiger partial charge in [0.25, 0.3) is 0 Å². The molecule has 9 heteroatoms. The van der Waals surface area contributed by atoms with Crippen LogP contribution in [-0.2, 0) is 24.3 Å². The first kappa shape index (κ1) is 24.3. The number of aryl methyl sites for hydroxylation is 1. The summed E-state index contributed by atoms with van der Waals surface area (Å²) < 4.78 is 7.16. The van der Waals surface area contributed by atoms with E-state index >= 15 is 0 Å². The predicted octanol–water partition coefficient (Wildman–Crippen LogP) is 2.03. The number of ether oxygens (including phenoxy) is 1. The van der Waals surface area contributed by atoms with Crippen molar-refractivity contribution >= 4 is 29.9 Å². The van der Waals surface area contributed by atoms with Crippen molar-refractivity contribution < 1.29 is 4.74 Å². The number of nitrogens with zero attached hydrogens (tertiary/aromatic N) is 5. The van der Waals surface area contributed by atoms with E-state index in [2.05, 4.69) is 46.4 Å². The zero-order valence-electron chi connectivity index (χ0n) is 18.4. The molecular weight excluding hydrogens is 481 g/mol. The third-order valence-electron chi connectivity index (χ3n) is 5.82. The van der Waals surface area contributed by atoms with Gasteiger partial charge in [-0.2, -0.15) is 5.10 Å². The highest BCUT2D eigenvalue weighted by Crippen LogP contribution is 2.18. The first-order valence-corrected chi connectivity index (χ1v) is 10.8. The molecule has 1 fully saturated rings. The number of piperidine rings is 1. The standard InChI is InChI=1S/C20H37N7O.HI/c1-5-21-20(22-12-16(3)26-10-8-15(2)9-11-26)23-17-6-7-19-24-18(14-28-4)25-27(19)13-17;/h15-17H,5-14H2,1-4H3,(H2,21,22,23);1H. The van der Waals surface area contributed by atoms with Crippen LogP contribution in [0.3, 0.4) is 0 Å². The van der Waals surface area contributed by atoms with E-state index in [1.165, 1.54) is 25.9 Å². The van der Waals surface area contributed by atoms with Gasteiger partial charge in [-0.15, -0.1) is 24.0 Å². The molecule has 1 aromatic heterocycles. The van der Waals surface area contributed by atoms with Crippen LogP contribution in [0.1, 0.15) is 51.7 Å². The summed E-state index contributed by atoms with van der Waals surface area (Å²) in [4.78, 5) is 12.0. The van der Waals surface area contributed by atoms with Crippen molar-refractivity contribution in [3.8, 4) is 0 Å². The third kappa shape index (κ3) is 7.06. The highest BCUT2D eigenvalue weighted by atomic mass is 127. The number of aromatic nitrogens is 3. The summed E-state index contributed by atoms with van der Waals surface area (Å²) >= 11 is 0. The fraction of sp³-hybridized carbons (Fsp3) is 0.850. The van der Waals surface area contributed by atoms with Gasteiger partial charge in [0, 0.05) is 32.2 Å². The van der Waals surface area contributed by atoms with E-state index in [-0.39, 0.29) is 24.0 Å². The molecular formula is C20H38IN7O. The molecule has 1 saturated heterocycles. The monoisotopic (exact) mass is 519 g/mol. The number of guanidine groups is 1. The maximum Gasteiger partial charge on any atom is 0.191 e. The molecule has 29 heavy (non-hydrogen) atoms. The van der Waals surface area contributed by atoms with E-state index in [0.717, 1.165) is 56.0 Å². The molecule has 2 N–H and O–H groups in total. The summed E-state index contributed by atoms with van der Waals surface area (Å²) in [6.45, 7) is 12.1. The van der Waals surface area contributed by atoms with E-state index < -0.39 is 0 Å². The molecule has 0 aliphatic carbocycles. The van der Waals surface area contributed by atoms with E-state index in [1.807, 2.05) is 4.68 Å². The Labute approximate surface area is 192 Å². The molecule has 2 atom stereocenters. The van der Waals surface area contributed by atoms with Gasteiger partial charge in [0.05, 0.1) is 13.1 Å². The van der Waals surface area contributed by atoms with Crippen molar-refractivity contribution in [2.24, 2.45) is 10.9 Å². The van der Waals surface area contributed by atoms with Crippen LogP contribution in [0.25, 0.3) is 0 Å². The molecule has 0 radical (unpaired) electrons. The zero-order valence-corrected chi connectivity index (χ0v) is 20.7. The van der Waals surface area contributed by atoms with Gasteiger partial charge in [0.2, 0.25) is 0 Å². The van der Waals surface area contributed by atoms with Crippen LogP contribution in [0, 0.1) is 5.92 Å². The normalized spacial score (nSPS) is 21.9. The fourth-order valence-corrected chi connectivity index (χ4v) is 3.99. The zero-order chi connectivity index (χ0) is 19.9. The summed E-state index contributed by atoms with van der Waals surface area (Å²) in [5.74, 6) is 3.59. The number of rotatable bonds is 7. The maximum absolute atomic E-state index is 5.15. The van der Waals surface area contributed by atoms with Gasteiger partial charge >= 0.3 is 0 Å². The Hall–Kier alpha value is -0.940. The average Bonchev–Trinajstić information content (AvgIpc) is 3.08. The van der Waals surface area contributed by atoms with Gasteiger partial charge in [-0.1, -0.05) is 6.92 Å². The van der Waals surface area contributed by atoms with Gasteiger partial charge in [0.15, 0.2) is 11.8 Å². The quantitative estimate of drug-likeness (QED) is 0.326. The Balaban J connectivity index is 0.00000300. The Morgan fingerprint density at radius 2 is 2.07 bits per heavy atom. The van der Waals surface area contributed by atoms with Gasteiger partial charge in [-0.25, -0.2) is 9.67 Å². The van der Waals surface area contributed by atoms with Crippen molar-refractivity contribution in [1.82, 2.24) is 30.3 Å². The SMILES string of the molecule is CCNC(=NCC(C)N1CCC(C)CC1)NC1CCc2nc(COC)nn2C1.I. The van der Waals surface area contributed by atoms with Crippen LogP contribution in [0.4, 0.5) is 0 Å². The molecule has 0 amide bonds. The number of fused-ring (bicyclic) bond motifs is 1. The number of hydrogen-bond donors (Lipinski definition) is 2. The minimum absolute atomic E-state index is 0. The minimum Gasteiger partial charge on any atom is -0.377 e. The highest BCUT2D eigenvalue weighted by Gasteiger charge is 2.23. The molecule has 2 unspecified atom stereocenters. The second-order valence-corrected chi connectivity index (χ2v) is 8.23. The molecule has 1 aromatic rings. The average molecular weight is 519 g/mol. The molecule has 0 bridgehead atoms. The maximum atomic E-state index is 5.15.